The molecular weight excluding hydrogens is 449 g/mol. The van der Waals surface area contributed by atoms with E-state index in [-0.39, 0.29) is 23.2 Å². The third kappa shape index (κ3) is 5.27. The summed E-state index contributed by atoms with van der Waals surface area (Å²) in [6.45, 7) is 2.89. The Morgan fingerprint density at radius 1 is 1.06 bits per heavy atom. The summed E-state index contributed by atoms with van der Waals surface area (Å²) in [5.74, 6) is -0.867. The number of aromatic nitrogens is 3. The lowest BCUT2D eigenvalue weighted by Crippen LogP contribution is -2.40. The maximum absolute atomic E-state index is 13.2. The van der Waals surface area contributed by atoms with Crippen LogP contribution in [0, 0.1) is 5.92 Å². The smallest absolute Gasteiger partial charge is 0.416 e. The summed E-state index contributed by atoms with van der Waals surface area (Å²) in [7, 11) is 0. The summed E-state index contributed by atoms with van der Waals surface area (Å²) in [6.07, 6.45) is -2.76. The molecule has 4 rings (SSSR count). The number of piperidine rings is 1. The first-order valence-electron chi connectivity index (χ1n) is 10.9. The van der Waals surface area contributed by atoms with E-state index in [1.54, 1.807) is 35.2 Å². The fraction of sp³-hybridized carbons (Fsp3) is 0.333. The zero-order valence-electron chi connectivity index (χ0n) is 18.5. The van der Waals surface area contributed by atoms with Crippen LogP contribution < -0.4 is 0 Å². The fourth-order valence-electron chi connectivity index (χ4n) is 3.71. The SMILES string of the molecule is CC1CCN(C(=O)COC(=O)c2nc(-c3ccccc3)n(-c3cccc(C(F)(F)F)c3)n2)CC1. The zero-order chi connectivity index (χ0) is 24.3. The number of alkyl halides is 3. The molecule has 178 valence electrons. The molecule has 1 aromatic heterocycles. The number of rotatable bonds is 5. The number of nitrogens with zero attached hydrogens (tertiary/aromatic N) is 4. The van der Waals surface area contributed by atoms with Crippen molar-refractivity contribution in [2.24, 2.45) is 5.92 Å². The predicted molar refractivity (Wildman–Crippen MR) is 117 cm³/mol. The number of benzene rings is 2. The van der Waals surface area contributed by atoms with Crippen molar-refractivity contribution in [1.29, 1.82) is 0 Å². The molecule has 0 saturated carbocycles. The highest BCUT2D eigenvalue weighted by Gasteiger charge is 2.31. The quantitative estimate of drug-likeness (QED) is 0.516. The molecule has 0 aliphatic carbocycles. The van der Waals surface area contributed by atoms with Gasteiger partial charge < -0.3 is 9.64 Å². The highest BCUT2D eigenvalue weighted by Crippen LogP contribution is 2.31. The third-order valence-electron chi connectivity index (χ3n) is 5.70. The van der Waals surface area contributed by atoms with E-state index in [2.05, 4.69) is 17.0 Å². The van der Waals surface area contributed by atoms with Gasteiger partial charge >= 0.3 is 12.1 Å². The van der Waals surface area contributed by atoms with E-state index < -0.39 is 24.3 Å². The van der Waals surface area contributed by atoms with Crippen molar-refractivity contribution in [1.82, 2.24) is 19.7 Å². The predicted octanol–water partition coefficient (Wildman–Crippen LogP) is 4.37. The number of hydrogen-bond donors (Lipinski definition) is 0. The third-order valence-corrected chi connectivity index (χ3v) is 5.70. The lowest BCUT2D eigenvalue weighted by atomic mass is 9.99. The summed E-state index contributed by atoms with van der Waals surface area (Å²) in [5.41, 5.74) is -0.228. The summed E-state index contributed by atoms with van der Waals surface area (Å²) in [5, 5.41) is 4.12. The van der Waals surface area contributed by atoms with Crippen molar-refractivity contribution in [3.8, 4) is 17.1 Å². The van der Waals surface area contributed by atoms with Gasteiger partial charge in [-0.1, -0.05) is 43.3 Å². The van der Waals surface area contributed by atoms with E-state index in [1.165, 1.54) is 12.1 Å². The second kappa shape index (κ2) is 9.66. The number of likely N-dealkylation sites (tertiary alicyclic amines) is 1. The molecule has 0 unspecified atom stereocenters. The zero-order valence-corrected chi connectivity index (χ0v) is 18.5. The molecule has 1 aliphatic rings. The summed E-state index contributed by atoms with van der Waals surface area (Å²) in [6, 6.07) is 13.2. The van der Waals surface area contributed by atoms with E-state index in [0.717, 1.165) is 29.7 Å². The number of hydrogen-bond acceptors (Lipinski definition) is 5. The van der Waals surface area contributed by atoms with Crippen molar-refractivity contribution in [2.45, 2.75) is 25.9 Å². The minimum Gasteiger partial charge on any atom is -0.450 e. The first kappa shape index (κ1) is 23.5. The maximum atomic E-state index is 13.2. The number of amides is 1. The molecule has 2 heterocycles. The topological polar surface area (TPSA) is 77.3 Å². The van der Waals surface area contributed by atoms with Gasteiger partial charge in [-0.05, 0) is 37.0 Å². The van der Waals surface area contributed by atoms with Crippen molar-refractivity contribution in [3.05, 3.63) is 66.0 Å². The van der Waals surface area contributed by atoms with Crippen LogP contribution in [0.2, 0.25) is 0 Å². The summed E-state index contributed by atoms with van der Waals surface area (Å²) < 4.78 is 46.0. The standard InChI is InChI=1S/C24H23F3N4O3/c1-16-10-12-30(13-11-16)20(32)15-34-23(33)21-28-22(17-6-3-2-4-7-17)31(29-21)19-9-5-8-18(14-19)24(25,26)27/h2-9,14,16H,10-13,15H2,1H3. The number of halogens is 3. The van der Waals surface area contributed by atoms with Gasteiger partial charge in [0.05, 0.1) is 11.3 Å². The van der Waals surface area contributed by atoms with E-state index >= 15 is 0 Å². The van der Waals surface area contributed by atoms with Gasteiger partial charge in [0.15, 0.2) is 12.4 Å². The second-order valence-electron chi connectivity index (χ2n) is 8.22. The number of carbonyl (C=O) groups excluding carboxylic acids is 2. The van der Waals surface area contributed by atoms with Crippen molar-refractivity contribution < 1.29 is 27.5 Å². The lowest BCUT2D eigenvalue weighted by molar-refractivity contribution is -0.137. The Morgan fingerprint density at radius 3 is 2.44 bits per heavy atom. The van der Waals surface area contributed by atoms with E-state index in [9.17, 15) is 22.8 Å². The normalized spacial score (nSPS) is 14.8. The molecule has 0 radical (unpaired) electrons. The lowest BCUT2D eigenvalue weighted by Gasteiger charge is -2.30. The highest BCUT2D eigenvalue weighted by atomic mass is 19.4. The van der Waals surface area contributed by atoms with Crippen LogP contribution in [0.25, 0.3) is 17.1 Å². The number of ether oxygens (including phenoxy) is 1. The van der Waals surface area contributed by atoms with E-state index in [1.807, 2.05) is 0 Å². The van der Waals surface area contributed by atoms with Crippen LogP contribution in [0.1, 0.15) is 35.9 Å². The van der Waals surface area contributed by atoms with Crippen LogP contribution in [0.4, 0.5) is 13.2 Å². The molecule has 0 N–H and O–H groups in total. The van der Waals surface area contributed by atoms with Gasteiger partial charge in [-0.25, -0.2) is 14.5 Å². The van der Waals surface area contributed by atoms with Gasteiger partial charge in [0.2, 0.25) is 0 Å². The monoisotopic (exact) mass is 472 g/mol. The largest absolute Gasteiger partial charge is 0.450 e. The van der Waals surface area contributed by atoms with Crippen LogP contribution >= 0.6 is 0 Å². The van der Waals surface area contributed by atoms with E-state index in [0.29, 0.717) is 24.6 Å². The Balaban J connectivity index is 1.59. The first-order valence-corrected chi connectivity index (χ1v) is 10.9. The molecule has 1 fully saturated rings. The molecule has 34 heavy (non-hydrogen) atoms. The van der Waals surface area contributed by atoms with Gasteiger partial charge in [-0.15, -0.1) is 5.10 Å². The average molecular weight is 472 g/mol. The Kier molecular flexibility index (Phi) is 6.67. The van der Waals surface area contributed by atoms with Crippen LogP contribution in [-0.4, -0.2) is 51.2 Å². The van der Waals surface area contributed by atoms with E-state index in [4.69, 9.17) is 4.74 Å². The van der Waals surface area contributed by atoms with Gasteiger partial charge in [-0.2, -0.15) is 13.2 Å². The van der Waals surface area contributed by atoms with Gasteiger partial charge in [0.25, 0.3) is 11.7 Å². The van der Waals surface area contributed by atoms with Gasteiger partial charge in [0.1, 0.15) is 0 Å². The Bertz CT molecular complexity index is 1170. The molecule has 1 aliphatic heterocycles. The molecule has 0 spiro atoms. The summed E-state index contributed by atoms with van der Waals surface area (Å²) in [4.78, 5) is 30.9. The summed E-state index contributed by atoms with van der Waals surface area (Å²) >= 11 is 0. The van der Waals surface area contributed by atoms with Gasteiger partial charge in [-0.3, -0.25) is 4.79 Å². The molecule has 0 bridgehead atoms. The molecule has 7 nitrogen and oxygen atoms in total. The molecule has 3 aromatic rings. The Morgan fingerprint density at radius 2 is 1.76 bits per heavy atom. The van der Waals surface area contributed by atoms with Crippen LogP contribution in [0.3, 0.4) is 0 Å². The minimum absolute atomic E-state index is 0.0822. The number of carbonyl (C=O) groups is 2. The molecular formula is C24H23F3N4O3. The molecule has 0 atom stereocenters. The first-order chi connectivity index (χ1) is 16.2. The Hall–Kier alpha value is -3.69. The highest BCUT2D eigenvalue weighted by molar-refractivity contribution is 5.88. The van der Waals surface area contributed by atoms with Gasteiger partial charge in [0, 0.05) is 18.7 Å². The van der Waals surface area contributed by atoms with Crippen LogP contribution in [-0.2, 0) is 15.7 Å². The number of esters is 1. The van der Waals surface area contributed by atoms with Crippen LogP contribution in [0.15, 0.2) is 54.6 Å². The van der Waals surface area contributed by atoms with Crippen molar-refractivity contribution in [3.63, 3.8) is 0 Å². The second-order valence-corrected chi connectivity index (χ2v) is 8.22. The van der Waals surface area contributed by atoms with Crippen molar-refractivity contribution in [2.75, 3.05) is 19.7 Å². The fourth-order valence-corrected chi connectivity index (χ4v) is 3.71. The minimum atomic E-state index is -4.54. The molecule has 10 heteroatoms. The molecule has 2 aromatic carbocycles. The van der Waals surface area contributed by atoms with Crippen LogP contribution in [0.5, 0.6) is 0 Å². The molecule has 1 amide bonds. The maximum Gasteiger partial charge on any atom is 0.416 e. The average Bonchev–Trinajstić information content (AvgIpc) is 3.29. The molecule has 1 saturated heterocycles. The Labute approximate surface area is 194 Å². The van der Waals surface area contributed by atoms with Crippen molar-refractivity contribution >= 4 is 11.9 Å².